The van der Waals surface area contributed by atoms with Crippen LogP contribution in [0.4, 0.5) is 5.69 Å². The maximum atomic E-state index is 12.4. The summed E-state index contributed by atoms with van der Waals surface area (Å²) in [6.45, 7) is 0. The second kappa shape index (κ2) is 5.10. The van der Waals surface area contributed by atoms with Crippen molar-refractivity contribution < 1.29 is 13.5 Å². The molecule has 1 aliphatic rings. The topological polar surface area (TPSA) is 82.2 Å². The average molecular weight is 294 g/mol. The van der Waals surface area contributed by atoms with E-state index in [-0.39, 0.29) is 0 Å². The molecule has 0 radical (unpaired) electrons. The number of aliphatic hydroxyl groups excluding tert-OH is 1. The molecule has 20 heavy (non-hydrogen) atoms. The third kappa shape index (κ3) is 2.53. The number of anilines is 1. The van der Waals surface area contributed by atoms with Gasteiger partial charge in [-0.2, -0.15) is 0 Å². The maximum absolute atomic E-state index is 12.4. The third-order valence-electron chi connectivity index (χ3n) is 3.88. The molecule has 2 atom stereocenters. The number of hydrogen-bond donors (Lipinski definition) is 3. The highest BCUT2D eigenvalue weighted by atomic mass is 32.2. The Balaban J connectivity index is 1.84. The highest BCUT2D eigenvalue weighted by Gasteiger charge is 2.34. The summed E-state index contributed by atoms with van der Waals surface area (Å²) >= 11 is 0. The molecular weight excluding hydrogens is 276 g/mol. The van der Waals surface area contributed by atoms with Crippen LogP contribution >= 0.6 is 0 Å². The lowest BCUT2D eigenvalue weighted by molar-refractivity contribution is 0.133. The van der Waals surface area contributed by atoms with E-state index in [0.29, 0.717) is 18.5 Å². The van der Waals surface area contributed by atoms with Crippen molar-refractivity contribution in [3.05, 3.63) is 30.5 Å². The molecule has 0 spiro atoms. The van der Waals surface area contributed by atoms with Crippen molar-refractivity contribution >= 4 is 26.6 Å². The summed E-state index contributed by atoms with van der Waals surface area (Å²) in [5.41, 5.74) is 1.50. The van der Waals surface area contributed by atoms with Gasteiger partial charge in [0.25, 0.3) is 0 Å². The number of benzene rings is 1. The molecule has 2 unspecified atom stereocenters. The number of hydrogen-bond acceptors (Lipinski definition) is 3. The zero-order valence-electron chi connectivity index (χ0n) is 11.0. The zero-order chi connectivity index (χ0) is 14.2. The first-order valence-corrected chi connectivity index (χ1v) is 8.38. The molecule has 3 rings (SSSR count). The van der Waals surface area contributed by atoms with Crippen molar-refractivity contribution in [1.82, 2.24) is 4.98 Å². The molecule has 0 bridgehead atoms. The summed E-state index contributed by atoms with van der Waals surface area (Å²) in [6, 6.07) is 7.25. The molecule has 0 amide bonds. The van der Waals surface area contributed by atoms with Crippen LogP contribution in [0.3, 0.4) is 0 Å². The zero-order valence-corrected chi connectivity index (χ0v) is 11.9. The summed E-state index contributed by atoms with van der Waals surface area (Å²) < 4.78 is 27.3. The van der Waals surface area contributed by atoms with Crippen LogP contribution in [0.1, 0.15) is 25.7 Å². The van der Waals surface area contributed by atoms with Gasteiger partial charge in [0.2, 0.25) is 10.0 Å². The van der Waals surface area contributed by atoms with Gasteiger partial charge in [-0.15, -0.1) is 0 Å². The average Bonchev–Trinajstić information content (AvgIpc) is 2.86. The molecule has 0 aliphatic heterocycles. The lowest BCUT2D eigenvalue weighted by atomic mass is 9.97. The highest BCUT2D eigenvalue weighted by molar-refractivity contribution is 7.93. The van der Waals surface area contributed by atoms with Gasteiger partial charge in [0.1, 0.15) is 5.25 Å². The van der Waals surface area contributed by atoms with E-state index in [9.17, 15) is 13.5 Å². The first kappa shape index (κ1) is 13.5. The number of rotatable bonds is 3. The molecule has 3 N–H and O–H groups in total. The fourth-order valence-electron chi connectivity index (χ4n) is 2.80. The van der Waals surface area contributed by atoms with E-state index in [1.54, 1.807) is 12.1 Å². The Hall–Kier alpha value is -1.53. The third-order valence-corrected chi connectivity index (χ3v) is 5.75. The molecule has 1 aromatic carbocycles. The van der Waals surface area contributed by atoms with Crippen molar-refractivity contribution in [2.45, 2.75) is 37.0 Å². The summed E-state index contributed by atoms with van der Waals surface area (Å²) in [7, 11) is -3.55. The molecule has 1 aromatic heterocycles. The molecular formula is C14H18N2O3S. The van der Waals surface area contributed by atoms with Gasteiger partial charge in [-0.05, 0) is 37.1 Å². The van der Waals surface area contributed by atoms with Crippen LogP contribution in [0.25, 0.3) is 10.9 Å². The fourth-order valence-corrected chi connectivity index (χ4v) is 4.43. The van der Waals surface area contributed by atoms with E-state index in [4.69, 9.17) is 0 Å². The normalized spacial score (nSPS) is 23.9. The molecule has 108 valence electrons. The summed E-state index contributed by atoms with van der Waals surface area (Å²) in [4.78, 5) is 3.06. The van der Waals surface area contributed by atoms with Crippen LogP contribution in [0.2, 0.25) is 0 Å². The second-order valence-electron chi connectivity index (χ2n) is 5.32. The second-order valence-corrected chi connectivity index (χ2v) is 7.22. The van der Waals surface area contributed by atoms with Gasteiger partial charge < -0.3 is 10.1 Å². The highest BCUT2D eigenvalue weighted by Crippen LogP contribution is 2.26. The smallest absolute Gasteiger partial charge is 0.238 e. The summed E-state index contributed by atoms with van der Waals surface area (Å²) in [5.74, 6) is 0. The molecule has 6 heteroatoms. The van der Waals surface area contributed by atoms with E-state index >= 15 is 0 Å². The first-order valence-electron chi connectivity index (χ1n) is 6.83. The largest absolute Gasteiger partial charge is 0.392 e. The standard InChI is InChI=1S/C14H18N2O3S/c17-13-3-1-2-4-14(13)20(18,19)16-11-5-6-12-10(9-11)7-8-15-12/h5-9,13-17H,1-4H2. The van der Waals surface area contributed by atoms with Crippen LogP contribution in [0.5, 0.6) is 0 Å². The Morgan fingerprint density at radius 3 is 2.80 bits per heavy atom. The maximum Gasteiger partial charge on any atom is 0.238 e. The number of fused-ring (bicyclic) bond motifs is 1. The predicted molar refractivity (Wildman–Crippen MR) is 79.1 cm³/mol. The van der Waals surface area contributed by atoms with E-state index in [1.165, 1.54) is 0 Å². The molecule has 5 nitrogen and oxygen atoms in total. The molecule has 1 aliphatic carbocycles. The van der Waals surface area contributed by atoms with E-state index in [1.807, 2.05) is 18.3 Å². The summed E-state index contributed by atoms with van der Waals surface area (Å²) in [5, 5.41) is 10.1. The van der Waals surface area contributed by atoms with Gasteiger partial charge >= 0.3 is 0 Å². The van der Waals surface area contributed by atoms with E-state index in [2.05, 4.69) is 9.71 Å². The quantitative estimate of drug-likeness (QED) is 0.811. The van der Waals surface area contributed by atoms with Crippen LogP contribution in [0, 0.1) is 0 Å². The van der Waals surface area contributed by atoms with Gasteiger partial charge in [-0.1, -0.05) is 12.8 Å². The Morgan fingerprint density at radius 1 is 1.20 bits per heavy atom. The Kier molecular flexibility index (Phi) is 3.43. The molecule has 1 fully saturated rings. The monoisotopic (exact) mass is 294 g/mol. The van der Waals surface area contributed by atoms with Crippen LogP contribution in [-0.2, 0) is 10.0 Å². The number of aromatic nitrogens is 1. The molecule has 1 saturated carbocycles. The summed E-state index contributed by atoms with van der Waals surface area (Å²) in [6.07, 6.45) is 3.86. The van der Waals surface area contributed by atoms with Crippen LogP contribution < -0.4 is 4.72 Å². The number of aliphatic hydroxyl groups is 1. The van der Waals surface area contributed by atoms with Crippen molar-refractivity contribution in [1.29, 1.82) is 0 Å². The lowest BCUT2D eigenvalue weighted by Gasteiger charge is -2.27. The Morgan fingerprint density at radius 2 is 2.00 bits per heavy atom. The minimum Gasteiger partial charge on any atom is -0.392 e. The SMILES string of the molecule is O=S(=O)(Nc1ccc2[nH]ccc2c1)C1CCCCC1O. The van der Waals surface area contributed by atoms with Crippen molar-refractivity contribution in [3.8, 4) is 0 Å². The van der Waals surface area contributed by atoms with Gasteiger partial charge in [-0.25, -0.2) is 8.42 Å². The van der Waals surface area contributed by atoms with Gasteiger partial charge in [0.05, 0.1) is 6.10 Å². The number of sulfonamides is 1. The predicted octanol–water partition coefficient (Wildman–Crippen LogP) is 2.21. The number of aromatic amines is 1. The molecule has 2 aromatic rings. The van der Waals surface area contributed by atoms with Gasteiger partial charge in [-0.3, -0.25) is 4.72 Å². The minimum absolute atomic E-state index is 0.517. The molecule has 1 heterocycles. The minimum atomic E-state index is -3.55. The van der Waals surface area contributed by atoms with Crippen molar-refractivity contribution in [3.63, 3.8) is 0 Å². The van der Waals surface area contributed by atoms with Crippen molar-refractivity contribution in [2.75, 3.05) is 4.72 Å². The van der Waals surface area contributed by atoms with Gasteiger partial charge in [0, 0.05) is 22.8 Å². The van der Waals surface area contributed by atoms with E-state index in [0.717, 1.165) is 23.7 Å². The lowest BCUT2D eigenvalue weighted by Crippen LogP contribution is -2.40. The van der Waals surface area contributed by atoms with Gasteiger partial charge in [0.15, 0.2) is 0 Å². The van der Waals surface area contributed by atoms with E-state index < -0.39 is 21.4 Å². The number of H-pyrrole nitrogens is 1. The first-order chi connectivity index (χ1) is 9.56. The Bertz CT molecular complexity index is 708. The Labute approximate surface area is 118 Å². The number of nitrogens with one attached hydrogen (secondary N) is 2. The molecule has 0 saturated heterocycles. The fraction of sp³-hybridized carbons (Fsp3) is 0.429. The van der Waals surface area contributed by atoms with Crippen LogP contribution in [-0.4, -0.2) is 29.9 Å². The van der Waals surface area contributed by atoms with Crippen LogP contribution in [0.15, 0.2) is 30.5 Å². The van der Waals surface area contributed by atoms with Crippen molar-refractivity contribution in [2.24, 2.45) is 0 Å².